The first-order valence-corrected chi connectivity index (χ1v) is 7.86. The molecule has 3 rings (SSSR count). The highest BCUT2D eigenvalue weighted by Crippen LogP contribution is 2.28. The highest BCUT2D eigenvalue weighted by Gasteiger charge is 2.16. The van der Waals surface area contributed by atoms with Gasteiger partial charge in [0.15, 0.2) is 0 Å². The fraction of sp³-hybridized carbons (Fsp3) is 0.125. The van der Waals surface area contributed by atoms with Gasteiger partial charge in [0.25, 0.3) is 0 Å². The third kappa shape index (κ3) is 3.49. The lowest BCUT2D eigenvalue weighted by atomic mass is 10.2. The van der Waals surface area contributed by atoms with Gasteiger partial charge < -0.3 is 19.6 Å². The Morgan fingerprint density at radius 1 is 1.29 bits per heavy atom. The highest BCUT2D eigenvalue weighted by atomic mass is 32.1. The van der Waals surface area contributed by atoms with Crippen LogP contribution in [0.15, 0.2) is 48.0 Å². The van der Waals surface area contributed by atoms with Gasteiger partial charge >= 0.3 is 5.82 Å². The van der Waals surface area contributed by atoms with Crippen LogP contribution in [-0.2, 0) is 6.61 Å². The van der Waals surface area contributed by atoms with Gasteiger partial charge in [-0.25, -0.2) is 4.98 Å². The first kappa shape index (κ1) is 15.9. The molecule has 0 amide bonds. The summed E-state index contributed by atoms with van der Waals surface area (Å²) >= 11 is 1.47. The van der Waals surface area contributed by atoms with Crippen molar-refractivity contribution in [3.63, 3.8) is 0 Å². The van der Waals surface area contributed by atoms with Crippen molar-refractivity contribution in [1.29, 1.82) is 0 Å². The topological polar surface area (TPSA) is 87.4 Å². The van der Waals surface area contributed by atoms with Gasteiger partial charge in [0.05, 0.1) is 12.8 Å². The summed E-state index contributed by atoms with van der Waals surface area (Å²) in [4.78, 5) is 18.5. The van der Waals surface area contributed by atoms with Crippen LogP contribution in [0.3, 0.4) is 0 Å². The van der Waals surface area contributed by atoms with Gasteiger partial charge in [-0.3, -0.25) is 0 Å². The zero-order chi connectivity index (χ0) is 16.9. The lowest BCUT2D eigenvalue weighted by Gasteiger charge is -2.04. The number of aromatic nitrogens is 2. The summed E-state index contributed by atoms with van der Waals surface area (Å²) in [5.41, 5.74) is 1.63. The Balaban J connectivity index is 1.74. The molecule has 7 nitrogen and oxygen atoms in total. The van der Waals surface area contributed by atoms with Gasteiger partial charge in [-0.1, -0.05) is 12.1 Å². The van der Waals surface area contributed by atoms with E-state index in [1.54, 1.807) is 13.2 Å². The number of hydrogen-bond donors (Lipinski definition) is 0. The number of ether oxygens (including phenoxy) is 2. The molecule has 0 saturated carbocycles. The predicted molar refractivity (Wildman–Crippen MR) is 89.3 cm³/mol. The summed E-state index contributed by atoms with van der Waals surface area (Å²) in [6.07, 6.45) is 1.36. The van der Waals surface area contributed by atoms with Gasteiger partial charge in [0, 0.05) is 10.9 Å². The molecular weight excluding hydrogens is 330 g/mol. The minimum Gasteiger partial charge on any atom is -0.497 e. The van der Waals surface area contributed by atoms with E-state index in [-0.39, 0.29) is 18.2 Å². The largest absolute Gasteiger partial charge is 0.497 e. The molecule has 0 bridgehead atoms. The number of pyridine rings is 1. The molecular formula is C16H13N3O4S. The number of nitro groups is 1. The molecule has 0 aliphatic rings. The van der Waals surface area contributed by atoms with Crippen molar-refractivity contribution in [3.8, 4) is 22.1 Å². The number of hydrogen-bond acceptors (Lipinski definition) is 7. The molecule has 2 heterocycles. The average molecular weight is 343 g/mol. The van der Waals surface area contributed by atoms with Crippen LogP contribution in [0.25, 0.3) is 10.6 Å². The fourth-order valence-electron chi connectivity index (χ4n) is 2.05. The summed E-state index contributed by atoms with van der Waals surface area (Å²) < 4.78 is 10.7. The van der Waals surface area contributed by atoms with Crippen molar-refractivity contribution in [2.45, 2.75) is 6.61 Å². The molecule has 0 aliphatic carbocycles. The Bertz CT molecular complexity index is 866. The van der Waals surface area contributed by atoms with E-state index < -0.39 is 4.92 Å². The average Bonchev–Trinajstić information content (AvgIpc) is 3.09. The molecule has 0 fully saturated rings. The Hall–Kier alpha value is -3.00. The molecule has 0 atom stereocenters. The third-order valence-electron chi connectivity index (χ3n) is 3.17. The first-order chi connectivity index (χ1) is 11.7. The zero-order valence-electron chi connectivity index (χ0n) is 12.7. The summed E-state index contributed by atoms with van der Waals surface area (Å²) in [5.74, 6) is 0.575. The first-order valence-electron chi connectivity index (χ1n) is 6.98. The van der Waals surface area contributed by atoms with E-state index in [2.05, 4.69) is 9.97 Å². The predicted octanol–water partition coefficient (Wildman–Crippen LogP) is 3.70. The number of rotatable bonds is 6. The van der Waals surface area contributed by atoms with Crippen LogP contribution < -0.4 is 9.47 Å². The normalized spacial score (nSPS) is 10.4. The second-order valence-electron chi connectivity index (χ2n) is 4.75. The molecule has 0 spiro atoms. The van der Waals surface area contributed by atoms with E-state index in [0.29, 0.717) is 5.69 Å². The maximum atomic E-state index is 10.9. The monoisotopic (exact) mass is 343 g/mol. The lowest BCUT2D eigenvalue weighted by Crippen LogP contribution is -2.00. The Kier molecular flexibility index (Phi) is 4.66. The molecule has 8 heteroatoms. The van der Waals surface area contributed by atoms with Crippen LogP contribution in [0.4, 0.5) is 5.82 Å². The molecule has 1 aromatic carbocycles. The minimum atomic E-state index is -0.571. The molecule has 122 valence electrons. The third-order valence-corrected chi connectivity index (χ3v) is 4.11. The summed E-state index contributed by atoms with van der Waals surface area (Å²) in [7, 11) is 1.61. The van der Waals surface area contributed by atoms with E-state index in [4.69, 9.17) is 9.47 Å². The van der Waals surface area contributed by atoms with Crippen LogP contribution in [0, 0.1) is 10.1 Å². The zero-order valence-corrected chi connectivity index (χ0v) is 13.5. The summed E-state index contributed by atoms with van der Waals surface area (Å²) in [5, 5.41) is 13.6. The van der Waals surface area contributed by atoms with Gasteiger partial charge in [0.2, 0.25) is 5.75 Å². The number of nitrogens with zero attached hydrogens (tertiary/aromatic N) is 3. The molecule has 0 radical (unpaired) electrons. The maximum absolute atomic E-state index is 10.9. The van der Waals surface area contributed by atoms with E-state index in [0.717, 1.165) is 16.3 Å². The van der Waals surface area contributed by atoms with Gasteiger partial charge in [-0.2, -0.15) is 0 Å². The van der Waals surface area contributed by atoms with Crippen molar-refractivity contribution >= 4 is 17.2 Å². The number of thiazole rings is 1. The molecule has 3 aromatic rings. The van der Waals surface area contributed by atoms with Crippen LogP contribution >= 0.6 is 11.3 Å². The quantitative estimate of drug-likeness (QED) is 0.501. The van der Waals surface area contributed by atoms with Crippen LogP contribution in [-0.4, -0.2) is 22.0 Å². The standard InChI is InChI=1S/C16H13N3O4S/c1-22-13-5-2-4-11(8-13)16-18-12(10-24-16)9-23-14-6-3-7-17-15(14)19(20)21/h2-8,10H,9H2,1H3. The Labute approximate surface area is 141 Å². The highest BCUT2D eigenvalue weighted by molar-refractivity contribution is 7.13. The van der Waals surface area contributed by atoms with Crippen molar-refractivity contribution in [1.82, 2.24) is 9.97 Å². The summed E-state index contributed by atoms with van der Waals surface area (Å²) in [6.45, 7) is 0.132. The van der Waals surface area contributed by atoms with Gasteiger partial charge in [-0.05, 0) is 34.2 Å². The Morgan fingerprint density at radius 2 is 2.17 bits per heavy atom. The van der Waals surface area contributed by atoms with Gasteiger partial charge in [0.1, 0.15) is 23.6 Å². The van der Waals surface area contributed by atoms with Crippen LogP contribution in [0.5, 0.6) is 11.5 Å². The van der Waals surface area contributed by atoms with Crippen molar-refractivity contribution in [2.75, 3.05) is 7.11 Å². The minimum absolute atomic E-state index is 0.124. The van der Waals surface area contributed by atoms with E-state index in [9.17, 15) is 10.1 Å². The van der Waals surface area contributed by atoms with Crippen molar-refractivity contribution < 1.29 is 14.4 Å². The molecule has 0 N–H and O–H groups in total. The lowest BCUT2D eigenvalue weighted by molar-refractivity contribution is -0.390. The van der Waals surface area contributed by atoms with E-state index in [1.807, 2.05) is 29.6 Å². The fourth-order valence-corrected chi connectivity index (χ4v) is 2.85. The second kappa shape index (κ2) is 7.05. The summed E-state index contributed by atoms with van der Waals surface area (Å²) in [6, 6.07) is 10.7. The van der Waals surface area contributed by atoms with Crippen molar-refractivity contribution in [3.05, 3.63) is 63.8 Å². The number of methoxy groups -OCH3 is 1. The second-order valence-corrected chi connectivity index (χ2v) is 5.60. The number of benzene rings is 1. The van der Waals surface area contributed by atoms with E-state index in [1.165, 1.54) is 23.6 Å². The molecule has 24 heavy (non-hydrogen) atoms. The molecule has 0 saturated heterocycles. The SMILES string of the molecule is COc1cccc(-c2nc(COc3cccnc3[N+](=O)[O-])cs2)c1. The molecule has 0 aliphatic heterocycles. The van der Waals surface area contributed by atoms with E-state index >= 15 is 0 Å². The maximum Gasteiger partial charge on any atom is 0.406 e. The Morgan fingerprint density at radius 3 is 2.96 bits per heavy atom. The smallest absolute Gasteiger partial charge is 0.406 e. The molecule has 0 unspecified atom stereocenters. The van der Waals surface area contributed by atoms with Crippen LogP contribution in [0.2, 0.25) is 0 Å². The van der Waals surface area contributed by atoms with Crippen molar-refractivity contribution in [2.24, 2.45) is 0 Å². The van der Waals surface area contributed by atoms with Crippen LogP contribution in [0.1, 0.15) is 5.69 Å². The van der Waals surface area contributed by atoms with Gasteiger partial charge in [-0.15, -0.1) is 11.3 Å². The molecule has 2 aromatic heterocycles.